The first-order valence-electron chi connectivity index (χ1n) is 13.4. The van der Waals surface area contributed by atoms with Gasteiger partial charge in [0, 0.05) is 32.9 Å². The zero-order valence-corrected chi connectivity index (χ0v) is 21.6. The lowest BCUT2D eigenvalue weighted by Crippen LogP contribution is -2.00. The molecule has 0 bridgehead atoms. The lowest BCUT2D eigenvalue weighted by Gasteiger charge is -2.16. The van der Waals surface area contributed by atoms with Crippen molar-refractivity contribution in [2.24, 2.45) is 0 Å². The average molecular weight is 510 g/mol. The molecule has 0 aliphatic heterocycles. The van der Waals surface area contributed by atoms with Crippen molar-refractivity contribution in [1.29, 1.82) is 5.26 Å². The topological polar surface area (TPSA) is 33.6 Å². The third-order valence-corrected chi connectivity index (χ3v) is 7.91. The molecule has 2 heterocycles. The number of benzene rings is 6. The highest BCUT2D eigenvalue weighted by Crippen LogP contribution is 2.37. The number of rotatable bonds is 3. The molecule has 0 spiro atoms. The molecule has 3 nitrogen and oxygen atoms in total. The van der Waals surface area contributed by atoms with Gasteiger partial charge in [0.05, 0.1) is 33.7 Å². The van der Waals surface area contributed by atoms with Crippen molar-refractivity contribution in [3.63, 3.8) is 0 Å². The molecule has 6 aromatic carbocycles. The molecule has 0 atom stereocenters. The van der Waals surface area contributed by atoms with Crippen LogP contribution in [0.4, 0.5) is 0 Å². The third-order valence-electron chi connectivity index (χ3n) is 7.91. The molecule has 186 valence electrons. The van der Waals surface area contributed by atoms with Gasteiger partial charge >= 0.3 is 0 Å². The highest BCUT2D eigenvalue weighted by Gasteiger charge is 2.17. The molecule has 0 unspecified atom stereocenters. The van der Waals surface area contributed by atoms with Gasteiger partial charge in [-0.15, -0.1) is 0 Å². The Bertz CT molecular complexity index is 2220. The molecule has 0 saturated carbocycles. The molecule has 0 fully saturated rings. The van der Waals surface area contributed by atoms with Crippen molar-refractivity contribution in [2.75, 3.05) is 0 Å². The quantitative estimate of drug-likeness (QED) is 0.233. The zero-order valence-electron chi connectivity index (χ0n) is 21.6. The Morgan fingerprint density at radius 1 is 0.400 bits per heavy atom. The fourth-order valence-corrected chi connectivity index (χ4v) is 6.17. The van der Waals surface area contributed by atoms with Gasteiger partial charge in [-0.25, -0.2) is 0 Å². The molecule has 0 amide bonds. The van der Waals surface area contributed by atoms with Crippen LogP contribution in [0.5, 0.6) is 0 Å². The molecule has 0 aliphatic rings. The number of hydrogen-bond acceptors (Lipinski definition) is 1. The van der Waals surface area contributed by atoms with Crippen molar-refractivity contribution in [1.82, 2.24) is 9.13 Å². The Balaban J connectivity index is 1.50. The largest absolute Gasteiger partial charge is 0.309 e. The number of aromatic nitrogens is 2. The van der Waals surface area contributed by atoms with Crippen LogP contribution >= 0.6 is 0 Å². The lowest BCUT2D eigenvalue weighted by molar-refractivity contribution is 1.13. The average Bonchev–Trinajstić information content (AvgIpc) is 3.54. The molecule has 0 N–H and O–H groups in total. The van der Waals surface area contributed by atoms with Crippen LogP contribution in [0.2, 0.25) is 0 Å². The number of nitriles is 1. The van der Waals surface area contributed by atoms with Gasteiger partial charge in [-0.1, -0.05) is 84.9 Å². The molecule has 40 heavy (non-hydrogen) atoms. The van der Waals surface area contributed by atoms with Crippen LogP contribution < -0.4 is 0 Å². The first-order valence-corrected chi connectivity index (χ1v) is 13.4. The predicted molar refractivity (Wildman–Crippen MR) is 165 cm³/mol. The van der Waals surface area contributed by atoms with Crippen LogP contribution in [0.25, 0.3) is 66.1 Å². The number of para-hydroxylation sites is 3. The second-order valence-corrected chi connectivity index (χ2v) is 10.2. The summed E-state index contributed by atoms with van der Waals surface area (Å²) in [7, 11) is 0. The van der Waals surface area contributed by atoms with E-state index in [-0.39, 0.29) is 0 Å². The fourth-order valence-electron chi connectivity index (χ4n) is 6.17. The molecular formula is C37H23N3. The maximum atomic E-state index is 9.61. The summed E-state index contributed by atoms with van der Waals surface area (Å²) in [6.45, 7) is 0. The third kappa shape index (κ3) is 3.30. The van der Waals surface area contributed by atoms with Gasteiger partial charge in [-0.3, -0.25) is 0 Å². The highest BCUT2D eigenvalue weighted by molar-refractivity contribution is 6.11. The summed E-state index contributed by atoms with van der Waals surface area (Å²) in [6.07, 6.45) is 0. The Morgan fingerprint density at radius 2 is 0.875 bits per heavy atom. The molecule has 2 aromatic heterocycles. The van der Waals surface area contributed by atoms with Gasteiger partial charge in [-0.05, 0) is 65.7 Å². The van der Waals surface area contributed by atoms with Gasteiger partial charge in [-0.2, -0.15) is 5.26 Å². The Labute approximate surface area is 231 Å². The highest BCUT2D eigenvalue weighted by atomic mass is 15.0. The number of nitrogens with zero attached hydrogens (tertiary/aromatic N) is 3. The Kier molecular flexibility index (Phi) is 4.89. The Hall–Kier alpha value is -5.59. The first kappa shape index (κ1) is 22.4. The van der Waals surface area contributed by atoms with Gasteiger partial charge in [0.1, 0.15) is 0 Å². The van der Waals surface area contributed by atoms with Crippen molar-refractivity contribution >= 4 is 43.6 Å². The maximum absolute atomic E-state index is 9.61. The minimum atomic E-state index is 0.666. The molecule has 0 saturated heterocycles. The van der Waals surface area contributed by atoms with Crippen LogP contribution in [0.1, 0.15) is 5.56 Å². The summed E-state index contributed by atoms with van der Waals surface area (Å²) in [5, 5.41) is 14.3. The van der Waals surface area contributed by atoms with Crippen LogP contribution in [-0.2, 0) is 0 Å². The normalized spacial score (nSPS) is 11.5. The van der Waals surface area contributed by atoms with Gasteiger partial charge in [0.2, 0.25) is 0 Å². The van der Waals surface area contributed by atoms with Crippen molar-refractivity contribution in [2.45, 2.75) is 0 Å². The van der Waals surface area contributed by atoms with Gasteiger partial charge in [0.15, 0.2) is 0 Å². The SMILES string of the molecule is N#Cc1ccc2c(c1)c1ccccc1n2-c1cc(-c2ccccc2)cc(-n2c3ccccc3c3ccccc32)c1. The van der Waals surface area contributed by atoms with Crippen LogP contribution in [-0.4, -0.2) is 9.13 Å². The van der Waals surface area contributed by atoms with Crippen molar-refractivity contribution in [3.8, 4) is 28.6 Å². The maximum Gasteiger partial charge on any atom is 0.0991 e. The van der Waals surface area contributed by atoms with Gasteiger partial charge < -0.3 is 9.13 Å². The molecule has 8 aromatic rings. The van der Waals surface area contributed by atoms with Crippen LogP contribution in [0.3, 0.4) is 0 Å². The second kappa shape index (κ2) is 8.73. The fraction of sp³-hybridized carbons (Fsp3) is 0. The van der Waals surface area contributed by atoms with E-state index in [9.17, 15) is 5.26 Å². The summed E-state index contributed by atoms with van der Waals surface area (Å²) in [4.78, 5) is 0. The van der Waals surface area contributed by atoms with E-state index in [0.29, 0.717) is 5.56 Å². The second-order valence-electron chi connectivity index (χ2n) is 10.2. The minimum absolute atomic E-state index is 0.666. The van der Waals surface area contributed by atoms with E-state index in [1.54, 1.807) is 0 Å². The predicted octanol–water partition coefficient (Wildman–Crippen LogP) is 9.42. The standard InChI is InChI=1S/C37H23N3/c38-24-25-18-19-37-33(20-25)32-14-6-9-17-36(32)40(37)29-22-27(26-10-2-1-3-11-26)21-28(23-29)39-34-15-7-4-12-30(34)31-13-5-8-16-35(31)39/h1-23H. The summed E-state index contributed by atoms with van der Waals surface area (Å²) in [5.41, 5.74) is 9.72. The summed E-state index contributed by atoms with van der Waals surface area (Å²) < 4.78 is 4.71. The number of fused-ring (bicyclic) bond motifs is 6. The van der Waals surface area contributed by atoms with E-state index < -0.39 is 0 Å². The van der Waals surface area contributed by atoms with E-state index in [4.69, 9.17) is 0 Å². The van der Waals surface area contributed by atoms with Gasteiger partial charge in [0.25, 0.3) is 0 Å². The first-order chi connectivity index (χ1) is 19.8. The molecular weight excluding hydrogens is 486 g/mol. The molecule has 3 heteroatoms. The van der Waals surface area contributed by atoms with Crippen molar-refractivity contribution < 1.29 is 0 Å². The monoisotopic (exact) mass is 509 g/mol. The summed E-state index contributed by atoms with van der Waals surface area (Å²) >= 11 is 0. The van der Waals surface area contributed by atoms with Crippen LogP contribution in [0, 0.1) is 11.3 Å². The van der Waals surface area contributed by atoms with Crippen molar-refractivity contribution in [3.05, 3.63) is 145 Å². The minimum Gasteiger partial charge on any atom is -0.309 e. The lowest BCUT2D eigenvalue weighted by atomic mass is 10.0. The van der Waals surface area contributed by atoms with E-state index >= 15 is 0 Å². The van der Waals surface area contributed by atoms with E-state index in [2.05, 4.69) is 143 Å². The van der Waals surface area contributed by atoms with E-state index in [0.717, 1.165) is 38.7 Å². The molecule has 8 rings (SSSR count). The molecule has 0 radical (unpaired) electrons. The van der Waals surface area contributed by atoms with E-state index in [1.165, 1.54) is 27.4 Å². The van der Waals surface area contributed by atoms with E-state index in [1.807, 2.05) is 12.1 Å². The zero-order chi connectivity index (χ0) is 26.6. The molecule has 0 aliphatic carbocycles. The summed E-state index contributed by atoms with van der Waals surface area (Å²) in [5.74, 6) is 0. The number of hydrogen-bond donors (Lipinski definition) is 0. The smallest absolute Gasteiger partial charge is 0.0991 e. The summed E-state index contributed by atoms with van der Waals surface area (Å²) in [6, 6.07) is 51.4. The Morgan fingerprint density at radius 3 is 1.43 bits per heavy atom. The van der Waals surface area contributed by atoms with Crippen LogP contribution in [0.15, 0.2) is 140 Å².